The van der Waals surface area contributed by atoms with Gasteiger partial charge in [0.25, 0.3) is 0 Å². The van der Waals surface area contributed by atoms with Crippen LogP contribution in [0.15, 0.2) is 0 Å². The molecule has 0 spiro atoms. The van der Waals surface area contributed by atoms with E-state index in [1.165, 1.54) is 19.1 Å². The predicted octanol–water partition coefficient (Wildman–Crippen LogP) is 0.243. The van der Waals surface area contributed by atoms with Crippen molar-refractivity contribution in [1.29, 1.82) is 0 Å². The lowest BCUT2D eigenvalue weighted by molar-refractivity contribution is -0.133. The third-order valence-electron chi connectivity index (χ3n) is 1.66. The molecule has 90 valence electrons. The normalized spacial score (nSPS) is 11.5. The molecule has 4 nitrogen and oxygen atoms in total. The van der Waals surface area contributed by atoms with Crippen LogP contribution >= 0.6 is 0 Å². The van der Waals surface area contributed by atoms with Crippen molar-refractivity contribution in [3.8, 4) is 0 Å². The molecule has 15 heavy (non-hydrogen) atoms. The first-order valence-corrected chi connectivity index (χ1v) is 4.37. The topological polar surface area (TPSA) is 41.6 Å². The number of ether oxygens (including phenoxy) is 1. The summed E-state index contributed by atoms with van der Waals surface area (Å²) in [4.78, 5) is 12.5. The summed E-state index contributed by atoms with van der Waals surface area (Å²) in [6.45, 7) is -0.749. The summed E-state index contributed by atoms with van der Waals surface area (Å²) in [6.07, 6.45) is -4.29. The maximum atomic E-state index is 11.7. The van der Waals surface area contributed by atoms with E-state index in [0.29, 0.717) is 13.2 Å². The number of carbonyl (C=O) groups excluding carboxylic acids is 1. The van der Waals surface area contributed by atoms with Crippen LogP contribution in [0.3, 0.4) is 0 Å². The van der Waals surface area contributed by atoms with E-state index in [-0.39, 0.29) is 6.54 Å². The Labute approximate surface area is 86.4 Å². The van der Waals surface area contributed by atoms with Crippen molar-refractivity contribution in [3.63, 3.8) is 0 Å². The number of methoxy groups -OCH3 is 1. The molecule has 0 saturated heterocycles. The Kier molecular flexibility index (Phi) is 6.26. The second-order valence-corrected chi connectivity index (χ2v) is 3.03. The van der Waals surface area contributed by atoms with Crippen molar-refractivity contribution in [1.82, 2.24) is 10.2 Å². The molecular formula is C8H15F3N2O2. The van der Waals surface area contributed by atoms with Crippen LogP contribution in [0.4, 0.5) is 13.2 Å². The second kappa shape index (κ2) is 6.62. The largest absolute Gasteiger partial charge is 0.401 e. The molecule has 0 aromatic heterocycles. The van der Waals surface area contributed by atoms with Crippen molar-refractivity contribution in [2.75, 3.05) is 40.4 Å². The minimum Gasteiger partial charge on any atom is -0.383 e. The van der Waals surface area contributed by atoms with E-state index in [1.54, 1.807) is 0 Å². The first-order valence-electron chi connectivity index (χ1n) is 4.37. The van der Waals surface area contributed by atoms with E-state index in [0.717, 1.165) is 0 Å². The Hall–Kier alpha value is -0.820. The van der Waals surface area contributed by atoms with Gasteiger partial charge in [-0.1, -0.05) is 0 Å². The Bertz CT molecular complexity index is 197. The molecule has 0 aliphatic heterocycles. The highest BCUT2D eigenvalue weighted by Crippen LogP contribution is 2.11. The molecule has 0 aliphatic carbocycles. The maximum absolute atomic E-state index is 11.7. The number of hydrogen-bond donors (Lipinski definition) is 1. The Balaban J connectivity index is 3.64. The third-order valence-corrected chi connectivity index (χ3v) is 1.66. The van der Waals surface area contributed by atoms with E-state index in [9.17, 15) is 18.0 Å². The summed E-state index contributed by atoms with van der Waals surface area (Å²) < 4.78 is 39.8. The van der Waals surface area contributed by atoms with Gasteiger partial charge >= 0.3 is 6.18 Å². The van der Waals surface area contributed by atoms with E-state index < -0.39 is 18.6 Å². The molecule has 0 radical (unpaired) electrons. The molecule has 0 heterocycles. The molecular weight excluding hydrogens is 213 g/mol. The van der Waals surface area contributed by atoms with E-state index in [4.69, 9.17) is 4.74 Å². The molecule has 0 bridgehead atoms. The minimum atomic E-state index is -4.29. The minimum absolute atomic E-state index is 0.320. The van der Waals surface area contributed by atoms with Crippen molar-refractivity contribution >= 4 is 5.91 Å². The van der Waals surface area contributed by atoms with Crippen molar-refractivity contribution < 1.29 is 22.7 Å². The van der Waals surface area contributed by atoms with Crippen LogP contribution in [0, 0.1) is 0 Å². The zero-order chi connectivity index (χ0) is 11.9. The quantitative estimate of drug-likeness (QED) is 0.708. The molecule has 1 amide bonds. The molecule has 0 rings (SSSR count). The van der Waals surface area contributed by atoms with Gasteiger partial charge < -0.3 is 15.0 Å². The molecule has 0 fully saturated rings. The van der Waals surface area contributed by atoms with Crippen molar-refractivity contribution in [2.45, 2.75) is 6.18 Å². The number of hydrogen-bond acceptors (Lipinski definition) is 3. The van der Waals surface area contributed by atoms with E-state index in [1.807, 2.05) is 5.32 Å². The second-order valence-electron chi connectivity index (χ2n) is 3.03. The lowest BCUT2D eigenvalue weighted by Crippen LogP contribution is -2.40. The van der Waals surface area contributed by atoms with Crippen LogP contribution in [-0.2, 0) is 9.53 Å². The summed E-state index contributed by atoms with van der Waals surface area (Å²) in [7, 11) is 3.00. The standard InChI is InChI=1S/C8H15F3N2O2/c1-13(3-4-15-2)7(14)5-12-6-8(9,10)11/h12H,3-6H2,1-2H3. The van der Waals surface area contributed by atoms with Gasteiger partial charge in [0.2, 0.25) is 5.91 Å². The first kappa shape index (κ1) is 14.2. The molecule has 0 aliphatic rings. The molecule has 0 saturated carbocycles. The Morgan fingerprint density at radius 3 is 2.53 bits per heavy atom. The molecule has 0 unspecified atom stereocenters. The molecule has 1 N–H and O–H groups in total. The van der Waals surface area contributed by atoms with Crippen LogP contribution in [-0.4, -0.2) is 57.4 Å². The summed E-state index contributed by atoms with van der Waals surface area (Å²) in [6, 6.07) is 0. The van der Waals surface area contributed by atoms with Crippen LogP contribution < -0.4 is 5.32 Å². The van der Waals surface area contributed by atoms with Gasteiger partial charge in [0.15, 0.2) is 0 Å². The van der Waals surface area contributed by atoms with Gasteiger partial charge in [-0.25, -0.2) is 0 Å². The number of nitrogens with zero attached hydrogens (tertiary/aromatic N) is 1. The van der Waals surface area contributed by atoms with Crippen molar-refractivity contribution in [2.24, 2.45) is 0 Å². The predicted molar refractivity (Wildman–Crippen MR) is 48.4 cm³/mol. The third kappa shape index (κ3) is 8.19. The number of amides is 1. The van der Waals surface area contributed by atoms with Gasteiger partial charge in [0, 0.05) is 20.7 Å². The first-order chi connectivity index (χ1) is 6.87. The summed E-state index contributed by atoms with van der Waals surface area (Å²) in [5.41, 5.74) is 0. The molecule has 7 heteroatoms. The van der Waals surface area contributed by atoms with Gasteiger partial charge in [-0.15, -0.1) is 0 Å². The fraction of sp³-hybridized carbons (Fsp3) is 0.875. The molecule has 0 aromatic rings. The highest BCUT2D eigenvalue weighted by molar-refractivity contribution is 5.77. The number of likely N-dealkylation sites (N-methyl/N-ethyl adjacent to an activating group) is 1. The van der Waals surface area contributed by atoms with Crippen LogP contribution in [0.25, 0.3) is 0 Å². The SMILES string of the molecule is COCCN(C)C(=O)CNCC(F)(F)F. The summed E-state index contributed by atoms with van der Waals surface area (Å²) >= 11 is 0. The zero-order valence-corrected chi connectivity index (χ0v) is 8.73. The summed E-state index contributed by atoms with van der Waals surface area (Å²) in [5, 5.41) is 2.03. The molecule has 0 aromatic carbocycles. The fourth-order valence-electron chi connectivity index (χ4n) is 0.799. The lowest BCUT2D eigenvalue weighted by Gasteiger charge is -2.17. The van der Waals surface area contributed by atoms with Gasteiger partial charge in [0.05, 0.1) is 19.7 Å². The lowest BCUT2D eigenvalue weighted by atomic mass is 10.4. The number of alkyl halides is 3. The van der Waals surface area contributed by atoms with Crippen LogP contribution in [0.2, 0.25) is 0 Å². The maximum Gasteiger partial charge on any atom is 0.401 e. The number of nitrogens with one attached hydrogen (secondary N) is 1. The van der Waals surface area contributed by atoms with Crippen LogP contribution in [0.5, 0.6) is 0 Å². The average molecular weight is 228 g/mol. The number of rotatable bonds is 6. The monoisotopic (exact) mass is 228 g/mol. The van der Waals surface area contributed by atoms with Gasteiger partial charge in [-0.2, -0.15) is 13.2 Å². The highest BCUT2D eigenvalue weighted by atomic mass is 19.4. The number of carbonyl (C=O) groups is 1. The Morgan fingerprint density at radius 1 is 1.47 bits per heavy atom. The average Bonchev–Trinajstić information content (AvgIpc) is 2.11. The van der Waals surface area contributed by atoms with E-state index in [2.05, 4.69) is 0 Å². The van der Waals surface area contributed by atoms with Gasteiger partial charge in [-0.3, -0.25) is 4.79 Å². The fourth-order valence-corrected chi connectivity index (χ4v) is 0.799. The summed E-state index contributed by atoms with van der Waals surface area (Å²) in [5.74, 6) is -0.392. The van der Waals surface area contributed by atoms with Crippen molar-refractivity contribution in [3.05, 3.63) is 0 Å². The Morgan fingerprint density at radius 2 is 2.07 bits per heavy atom. The van der Waals surface area contributed by atoms with E-state index >= 15 is 0 Å². The molecule has 0 atom stereocenters. The smallest absolute Gasteiger partial charge is 0.383 e. The van der Waals surface area contributed by atoms with Gasteiger partial charge in [-0.05, 0) is 0 Å². The number of halogens is 3. The van der Waals surface area contributed by atoms with Gasteiger partial charge in [0.1, 0.15) is 0 Å². The van der Waals surface area contributed by atoms with Crippen LogP contribution in [0.1, 0.15) is 0 Å². The zero-order valence-electron chi connectivity index (χ0n) is 8.73. The highest BCUT2D eigenvalue weighted by Gasteiger charge is 2.26.